The molecule has 7 nitrogen and oxygen atoms in total. The van der Waals surface area contributed by atoms with Gasteiger partial charge in [-0.15, -0.1) is 0 Å². The molecular formula is C16H24N4O3. The van der Waals surface area contributed by atoms with E-state index in [1.54, 1.807) is 14.2 Å². The first-order valence-electron chi connectivity index (χ1n) is 7.66. The summed E-state index contributed by atoms with van der Waals surface area (Å²) in [6.07, 6.45) is 2.02. The van der Waals surface area contributed by atoms with E-state index in [1.165, 1.54) is 0 Å². The zero-order valence-electron chi connectivity index (χ0n) is 13.6. The topological polar surface area (TPSA) is 98.0 Å². The summed E-state index contributed by atoms with van der Waals surface area (Å²) in [5, 5.41) is 5.83. The minimum Gasteiger partial charge on any atom is -0.493 e. The van der Waals surface area contributed by atoms with Gasteiger partial charge in [0.25, 0.3) is 0 Å². The molecule has 1 aliphatic rings. The SMILES string of the molecule is COc1ccc(CN=C(N)NCCNC(=O)C2CC2)cc1OC. The van der Waals surface area contributed by atoms with Gasteiger partial charge in [0.05, 0.1) is 20.8 Å². The molecule has 0 aromatic heterocycles. The second-order valence-electron chi connectivity index (χ2n) is 5.38. The molecule has 0 saturated heterocycles. The molecule has 2 rings (SSSR count). The van der Waals surface area contributed by atoms with Crippen molar-refractivity contribution in [1.82, 2.24) is 10.6 Å². The van der Waals surface area contributed by atoms with Crippen LogP contribution in [0, 0.1) is 5.92 Å². The molecule has 7 heteroatoms. The summed E-state index contributed by atoms with van der Waals surface area (Å²) in [4.78, 5) is 15.7. The first-order valence-corrected chi connectivity index (χ1v) is 7.66. The van der Waals surface area contributed by atoms with Crippen LogP contribution in [-0.4, -0.2) is 39.2 Å². The van der Waals surface area contributed by atoms with Crippen LogP contribution in [0.25, 0.3) is 0 Å². The average Bonchev–Trinajstić information content (AvgIpc) is 3.41. The first-order chi connectivity index (χ1) is 11.1. The fourth-order valence-electron chi connectivity index (χ4n) is 2.08. The Labute approximate surface area is 136 Å². The zero-order chi connectivity index (χ0) is 16.7. The van der Waals surface area contributed by atoms with Crippen molar-refractivity contribution in [3.05, 3.63) is 23.8 Å². The standard InChI is InChI=1S/C16H24N4O3/c1-22-13-6-3-11(9-14(13)23-2)10-20-16(17)19-8-7-18-15(21)12-4-5-12/h3,6,9,12H,4-5,7-8,10H2,1-2H3,(H,18,21)(H3,17,19,20). The third-order valence-corrected chi connectivity index (χ3v) is 3.56. The number of aliphatic imine (C=N–C) groups is 1. The maximum Gasteiger partial charge on any atom is 0.223 e. The Morgan fingerprint density at radius 1 is 1.22 bits per heavy atom. The Morgan fingerprint density at radius 3 is 2.57 bits per heavy atom. The van der Waals surface area contributed by atoms with Gasteiger partial charge < -0.3 is 25.8 Å². The minimum atomic E-state index is 0.132. The summed E-state index contributed by atoms with van der Waals surface area (Å²) >= 11 is 0. The predicted molar refractivity (Wildman–Crippen MR) is 88.6 cm³/mol. The van der Waals surface area contributed by atoms with Crippen LogP contribution >= 0.6 is 0 Å². The highest BCUT2D eigenvalue weighted by molar-refractivity contribution is 5.81. The van der Waals surface area contributed by atoms with Crippen molar-refractivity contribution in [2.24, 2.45) is 16.6 Å². The van der Waals surface area contributed by atoms with Gasteiger partial charge in [0, 0.05) is 19.0 Å². The number of amides is 1. The highest BCUT2D eigenvalue weighted by atomic mass is 16.5. The largest absolute Gasteiger partial charge is 0.493 e. The number of guanidine groups is 1. The minimum absolute atomic E-state index is 0.132. The van der Waals surface area contributed by atoms with Crippen LogP contribution < -0.4 is 25.8 Å². The lowest BCUT2D eigenvalue weighted by molar-refractivity contribution is -0.122. The molecule has 1 aromatic rings. The number of ether oxygens (including phenoxy) is 2. The molecule has 0 aliphatic heterocycles. The van der Waals surface area contributed by atoms with E-state index in [9.17, 15) is 4.79 Å². The summed E-state index contributed by atoms with van der Waals surface area (Å²) in [6, 6.07) is 5.61. The highest BCUT2D eigenvalue weighted by Crippen LogP contribution is 2.28. The van der Waals surface area contributed by atoms with Crippen molar-refractivity contribution in [3.63, 3.8) is 0 Å². The lowest BCUT2D eigenvalue weighted by atomic mass is 10.2. The van der Waals surface area contributed by atoms with Crippen LogP contribution in [0.3, 0.4) is 0 Å². The molecule has 1 aliphatic carbocycles. The monoisotopic (exact) mass is 320 g/mol. The van der Waals surface area contributed by atoms with Gasteiger partial charge in [0.2, 0.25) is 5.91 Å². The zero-order valence-corrected chi connectivity index (χ0v) is 13.6. The molecule has 1 aromatic carbocycles. The Balaban J connectivity index is 1.74. The second kappa shape index (κ2) is 8.26. The summed E-state index contributed by atoms with van der Waals surface area (Å²) < 4.78 is 10.4. The predicted octanol–water partition coefficient (Wildman–Crippen LogP) is 0.634. The summed E-state index contributed by atoms with van der Waals surface area (Å²) in [6.45, 7) is 1.54. The van der Waals surface area contributed by atoms with Crippen LogP contribution in [0.4, 0.5) is 0 Å². The average molecular weight is 320 g/mol. The number of hydrogen-bond donors (Lipinski definition) is 3. The van der Waals surface area contributed by atoms with E-state index in [2.05, 4.69) is 15.6 Å². The molecule has 23 heavy (non-hydrogen) atoms. The van der Waals surface area contributed by atoms with Gasteiger partial charge in [-0.3, -0.25) is 4.79 Å². The molecule has 0 radical (unpaired) electrons. The van der Waals surface area contributed by atoms with Gasteiger partial charge in [-0.2, -0.15) is 0 Å². The van der Waals surface area contributed by atoms with Crippen molar-refractivity contribution < 1.29 is 14.3 Å². The van der Waals surface area contributed by atoms with Gasteiger partial charge in [0.1, 0.15) is 0 Å². The van der Waals surface area contributed by atoms with Crippen molar-refractivity contribution >= 4 is 11.9 Å². The van der Waals surface area contributed by atoms with Gasteiger partial charge in [-0.1, -0.05) is 6.07 Å². The molecule has 0 unspecified atom stereocenters. The fraction of sp³-hybridized carbons (Fsp3) is 0.500. The van der Waals surface area contributed by atoms with E-state index in [0.717, 1.165) is 18.4 Å². The number of carbonyl (C=O) groups is 1. The van der Waals surface area contributed by atoms with E-state index in [0.29, 0.717) is 37.1 Å². The molecule has 0 spiro atoms. The number of rotatable bonds is 8. The maximum absolute atomic E-state index is 11.5. The number of methoxy groups -OCH3 is 2. The molecule has 4 N–H and O–H groups in total. The lowest BCUT2D eigenvalue weighted by Gasteiger charge is -2.09. The van der Waals surface area contributed by atoms with E-state index in [-0.39, 0.29) is 11.8 Å². The molecule has 126 valence electrons. The fourth-order valence-corrected chi connectivity index (χ4v) is 2.08. The lowest BCUT2D eigenvalue weighted by Crippen LogP contribution is -2.38. The molecule has 0 bridgehead atoms. The quantitative estimate of drug-likeness (QED) is 0.371. The highest BCUT2D eigenvalue weighted by Gasteiger charge is 2.28. The first kappa shape index (κ1) is 16.9. The Hall–Kier alpha value is -2.44. The van der Waals surface area contributed by atoms with Crippen LogP contribution in [0.5, 0.6) is 11.5 Å². The summed E-state index contributed by atoms with van der Waals surface area (Å²) in [5.74, 6) is 2.05. The van der Waals surface area contributed by atoms with Gasteiger partial charge in [-0.25, -0.2) is 4.99 Å². The third-order valence-electron chi connectivity index (χ3n) is 3.56. The van der Waals surface area contributed by atoms with Crippen LogP contribution in [0.15, 0.2) is 23.2 Å². The van der Waals surface area contributed by atoms with Gasteiger partial charge in [0.15, 0.2) is 17.5 Å². The van der Waals surface area contributed by atoms with Crippen molar-refractivity contribution in [1.29, 1.82) is 0 Å². The second-order valence-corrected chi connectivity index (χ2v) is 5.38. The molecule has 1 amide bonds. The van der Waals surface area contributed by atoms with Crippen LogP contribution in [0.2, 0.25) is 0 Å². The van der Waals surface area contributed by atoms with E-state index in [4.69, 9.17) is 15.2 Å². The third kappa shape index (κ3) is 5.36. The molecular weight excluding hydrogens is 296 g/mol. The van der Waals surface area contributed by atoms with Crippen molar-refractivity contribution in [3.8, 4) is 11.5 Å². The number of carbonyl (C=O) groups excluding carboxylic acids is 1. The summed E-state index contributed by atoms with van der Waals surface area (Å²) in [5.41, 5.74) is 6.77. The van der Waals surface area contributed by atoms with Crippen LogP contribution in [0.1, 0.15) is 18.4 Å². The van der Waals surface area contributed by atoms with Crippen molar-refractivity contribution in [2.75, 3.05) is 27.3 Å². The van der Waals surface area contributed by atoms with Gasteiger partial charge in [-0.05, 0) is 30.5 Å². The Bertz CT molecular complexity index is 570. The number of nitrogens with zero attached hydrogens (tertiary/aromatic N) is 1. The normalized spacial score (nSPS) is 14.3. The number of hydrogen-bond acceptors (Lipinski definition) is 4. The number of nitrogens with one attached hydrogen (secondary N) is 2. The summed E-state index contributed by atoms with van der Waals surface area (Å²) in [7, 11) is 3.19. The molecule has 1 saturated carbocycles. The van der Waals surface area contributed by atoms with Gasteiger partial charge >= 0.3 is 0 Å². The number of benzene rings is 1. The Morgan fingerprint density at radius 2 is 1.91 bits per heavy atom. The molecule has 0 heterocycles. The smallest absolute Gasteiger partial charge is 0.223 e. The maximum atomic E-state index is 11.5. The number of nitrogens with two attached hydrogens (primary N) is 1. The molecule has 1 fully saturated rings. The van der Waals surface area contributed by atoms with E-state index >= 15 is 0 Å². The van der Waals surface area contributed by atoms with E-state index in [1.807, 2.05) is 18.2 Å². The van der Waals surface area contributed by atoms with Crippen LogP contribution in [-0.2, 0) is 11.3 Å². The Kier molecular flexibility index (Phi) is 6.08. The molecule has 0 atom stereocenters. The van der Waals surface area contributed by atoms with E-state index < -0.39 is 0 Å². The van der Waals surface area contributed by atoms with Crippen molar-refractivity contribution in [2.45, 2.75) is 19.4 Å².